The summed E-state index contributed by atoms with van der Waals surface area (Å²) < 4.78 is 4.86. The van der Waals surface area contributed by atoms with Crippen molar-refractivity contribution >= 4 is 5.69 Å². The zero-order valence-electron chi connectivity index (χ0n) is 6.59. The molecule has 60 valence electrons. The second-order valence-electron chi connectivity index (χ2n) is 2.41. The molecule has 1 aromatic carbocycles. The smallest absolute Gasteiger partial charge is 0.183 e. The van der Waals surface area contributed by atoms with Crippen LogP contribution in [0.25, 0.3) is 0 Å². The third-order valence-corrected chi connectivity index (χ3v) is 1.45. The van der Waals surface area contributed by atoms with Gasteiger partial charge in [0.15, 0.2) is 11.5 Å². The number of anilines is 1. The van der Waals surface area contributed by atoms with Crippen molar-refractivity contribution in [2.45, 2.75) is 6.92 Å². The number of nitrogen functional groups attached to an aromatic ring is 1. The van der Waals surface area contributed by atoms with E-state index in [1.165, 1.54) is 7.11 Å². The van der Waals surface area contributed by atoms with Crippen molar-refractivity contribution in [3.63, 3.8) is 0 Å². The summed E-state index contributed by atoms with van der Waals surface area (Å²) in [6, 6.07) is 3.35. The minimum absolute atomic E-state index is 0.0880. The Morgan fingerprint density at radius 3 is 2.55 bits per heavy atom. The molecule has 0 aliphatic heterocycles. The molecule has 0 saturated heterocycles. The minimum atomic E-state index is 0.0880. The molecule has 11 heavy (non-hydrogen) atoms. The lowest BCUT2D eigenvalue weighted by molar-refractivity contribution is 0.375. The van der Waals surface area contributed by atoms with E-state index < -0.39 is 0 Å². The van der Waals surface area contributed by atoms with Crippen molar-refractivity contribution in [3.8, 4) is 11.5 Å². The number of phenols is 1. The molecule has 1 aromatic rings. The van der Waals surface area contributed by atoms with Crippen molar-refractivity contribution in [2.75, 3.05) is 12.8 Å². The van der Waals surface area contributed by atoms with Crippen molar-refractivity contribution in [2.24, 2.45) is 0 Å². The Balaban J connectivity index is 3.25. The van der Waals surface area contributed by atoms with Crippen molar-refractivity contribution in [1.82, 2.24) is 0 Å². The van der Waals surface area contributed by atoms with Crippen LogP contribution in [0.4, 0.5) is 5.69 Å². The van der Waals surface area contributed by atoms with Crippen LogP contribution in [0.5, 0.6) is 11.5 Å². The summed E-state index contributed by atoms with van der Waals surface area (Å²) in [5, 5.41) is 9.27. The number of benzene rings is 1. The Labute approximate surface area is 65.4 Å². The van der Waals surface area contributed by atoms with E-state index >= 15 is 0 Å². The van der Waals surface area contributed by atoms with Gasteiger partial charge in [-0.25, -0.2) is 0 Å². The second kappa shape index (κ2) is 2.70. The van der Waals surface area contributed by atoms with Crippen LogP contribution in [0.2, 0.25) is 0 Å². The van der Waals surface area contributed by atoms with Crippen LogP contribution in [0.1, 0.15) is 5.56 Å². The lowest BCUT2D eigenvalue weighted by atomic mass is 10.2. The number of rotatable bonds is 1. The molecule has 0 spiro atoms. The number of nitrogens with two attached hydrogens (primary N) is 1. The van der Waals surface area contributed by atoms with Gasteiger partial charge in [-0.2, -0.15) is 0 Å². The Bertz CT molecular complexity index is 248. The number of phenolic OH excluding ortho intramolecular Hbond substituents is 1. The number of aromatic hydroxyl groups is 1. The van der Waals surface area contributed by atoms with E-state index in [9.17, 15) is 5.11 Å². The van der Waals surface area contributed by atoms with Crippen LogP contribution in [-0.2, 0) is 0 Å². The summed E-state index contributed by atoms with van der Waals surface area (Å²) in [6.07, 6.45) is 0. The van der Waals surface area contributed by atoms with Crippen LogP contribution < -0.4 is 10.5 Å². The summed E-state index contributed by atoms with van der Waals surface area (Å²) in [4.78, 5) is 0. The Morgan fingerprint density at radius 1 is 1.45 bits per heavy atom. The first kappa shape index (κ1) is 7.72. The average Bonchev–Trinajstić information content (AvgIpc) is 1.85. The molecule has 3 heteroatoms. The highest BCUT2D eigenvalue weighted by Gasteiger charge is 2.05. The highest BCUT2D eigenvalue weighted by Crippen LogP contribution is 2.32. The molecular formula is C8H11NO2. The molecule has 0 heterocycles. The maximum absolute atomic E-state index is 9.27. The van der Waals surface area contributed by atoms with Crippen LogP contribution in [0.15, 0.2) is 12.1 Å². The van der Waals surface area contributed by atoms with E-state index in [1.54, 1.807) is 12.1 Å². The fourth-order valence-corrected chi connectivity index (χ4v) is 1.00. The normalized spacial score (nSPS) is 9.64. The monoisotopic (exact) mass is 153 g/mol. The van der Waals surface area contributed by atoms with E-state index in [-0.39, 0.29) is 5.75 Å². The molecule has 3 nitrogen and oxygen atoms in total. The molecule has 0 aromatic heterocycles. The maximum Gasteiger partial charge on any atom is 0.183 e. The van der Waals surface area contributed by atoms with Crippen LogP contribution in [0.3, 0.4) is 0 Å². The zero-order chi connectivity index (χ0) is 8.43. The van der Waals surface area contributed by atoms with Gasteiger partial charge in [0.25, 0.3) is 0 Å². The number of hydrogen-bond acceptors (Lipinski definition) is 3. The average molecular weight is 153 g/mol. The molecule has 0 fully saturated rings. The van der Waals surface area contributed by atoms with Gasteiger partial charge in [0.2, 0.25) is 0 Å². The highest BCUT2D eigenvalue weighted by atomic mass is 16.5. The lowest BCUT2D eigenvalue weighted by Gasteiger charge is -2.06. The molecule has 0 amide bonds. The molecule has 0 radical (unpaired) electrons. The SMILES string of the molecule is COc1c(N)cc(C)cc1O. The number of hydrogen-bond donors (Lipinski definition) is 2. The van der Waals surface area contributed by atoms with Gasteiger partial charge in [0, 0.05) is 0 Å². The van der Waals surface area contributed by atoms with Gasteiger partial charge in [0.05, 0.1) is 12.8 Å². The first-order valence-corrected chi connectivity index (χ1v) is 3.28. The van der Waals surface area contributed by atoms with Crippen molar-refractivity contribution in [1.29, 1.82) is 0 Å². The predicted molar refractivity (Wildman–Crippen MR) is 43.8 cm³/mol. The fraction of sp³-hybridized carbons (Fsp3) is 0.250. The van der Waals surface area contributed by atoms with E-state index in [1.807, 2.05) is 6.92 Å². The van der Waals surface area contributed by atoms with Gasteiger partial charge in [-0.1, -0.05) is 0 Å². The van der Waals surface area contributed by atoms with Gasteiger partial charge in [-0.15, -0.1) is 0 Å². The number of methoxy groups -OCH3 is 1. The molecule has 0 aliphatic rings. The van der Waals surface area contributed by atoms with E-state index in [0.29, 0.717) is 11.4 Å². The molecule has 0 saturated carbocycles. The van der Waals surface area contributed by atoms with Crippen LogP contribution >= 0.6 is 0 Å². The summed E-state index contributed by atoms with van der Waals surface area (Å²) in [7, 11) is 1.47. The minimum Gasteiger partial charge on any atom is -0.504 e. The largest absolute Gasteiger partial charge is 0.504 e. The second-order valence-corrected chi connectivity index (χ2v) is 2.41. The van der Waals surface area contributed by atoms with E-state index in [2.05, 4.69) is 0 Å². The van der Waals surface area contributed by atoms with Gasteiger partial charge in [0.1, 0.15) is 0 Å². The molecule has 0 bridgehead atoms. The quantitative estimate of drug-likeness (QED) is 0.598. The van der Waals surface area contributed by atoms with Crippen molar-refractivity contribution < 1.29 is 9.84 Å². The fourth-order valence-electron chi connectivity index (χ4n) is 1.00. The first-order valence-electron chi connectivity index (χ1n) is 3.28. The Morgan fingerprint density at radius 2 is 2.09 bits per heavy atom. The third kappa shape index (κ3) is 1.37. The lowest BCUT2D eigenvalue weighted by Crippen LogP contribution is -1.93. The molecule has 0 aliphatic carbocycles. The topological polar surface area (TPSA) is 55.5 Å². The summed E-state index contributed by atoms with van der Waals surface area (Å²) >= 11 is 0. The van der Waals surface area contributed by atoms with Crippen molar-refractivity contribution in [3.05, 3.63) is 17.7 Å². The van der Waals surface area contributed by atoms with Gasteiger partial charge in [-0.05, 0) is 24.6 Å². The number of ether oxygens (including phenoxy) is 1. The molecule has 0 atom stereocenters. The third-order valence-electron chi connectivity index (χ3n) is 1.45. The maximum atomic E-state index is 9.27. The first-order chi connectivity index (χ1) is 5.15. The Hall–Kier alpha value is -1.38. The molecule has 0 unspecified atom stereocenters. The summed E-state index contributed by atoms with van der Waals surface area (Å²) in [5.74, 6) is 0.431. The Kier molecular flexibility index (Phi) is 1.89. The van der Waals surface area contributed by atoms with E-state index in [4.69, 9.17) is 10.5 Å². The van der Waals surface area contributed by atoms with Crippen LogP contribution in [-0.4, -0.2) is 12.2 Å². The zero-order valence-corrected chi connectivity index (χ0v) is 6.59. The van der Waals surface area contributed by atoms with Gasteiger partial charge < -0.3 is 15.6 Å². The van der Waals surface area contributed by atoms with E-state index in [0.717, 1.165) is 5.56 Å². The van der Waals surface area contributed by atoms with Gasteiger partial charge >= 0.3 is 0 Å². The standard InChI is InChI=1S/C8H11NO2/c1-5-3-6(9)8(11-2)7(10)4-5/h3-4,10H,9H2,1-2H3. The highest BCUT2D eigenvalue weighted by molar-refractivity contribution is 5.61. The number of aryl methyl sites for hydroxylation is 1. The predicted octanol–water partition coefficient (Wildman–Crippen LogP) is 1.29. The summed E-state index contributed by atoms with van der Waals surface area (Å²) in [6.45, 7) is 1.86. The molecular weight excluding hydrogens is 142 g/mol. The van der Waals surface area contributed by atoms with Gasteiger partial charge in [-0.3, -0.25) is 0 Å². The molecule has 3 N–H and O–H groups in total. The van der Waals surface area contributed by atoms with Crippen LogP contribution in [0, 0.1) is 6.92 Å². The molecule has 1 rings (SSSR count). The summed E-state index contributed by atoms with van der Waals surface area (Å²) in [5.41, 5.74) is 6.93.